The molecular weight excluding hydrogens is 196 g/mol. The second-order valence-corrected chi connectivity index (χ2v) is 4.20. The first-order valence-electron chi connectivity index (χ1n) is 6.19. The maximum absolute atomic E-state index is 9.75. The van der Waals surface area contributed by atoms with Gasteiger partial charge in [-0.25, -0.2) is 0 Å². The van der Waals surface area contributed by atoms with Crippen LogP contribution in [0.5, 0.6) is 0 Å². The van der Waals surface area contributed by atoms with E-state index in [1.165, 1.54) is 19.3 Å². The maximum Gasteiger partial charge on any atom is 0.0764 e. The zero-order valence-corrected chi connectivity index (χ0v) is 10.3. The smallest absolute Gasteiger partial charge is 0.0764 e. The SMILES string of the molecule is CCCCC/C=C(\c1ccccc1)C(C)O. The number of hydrogen-bond donors (Lipinski definition) is 1. The van der Waals surface area contributed by atoms with Crippen LogP contribution in [-0.2, 0) is 0 Å². The van der Waals surface area contributed by atoms with Gasteiger partial charge in [-0.3, -0.25) is 0 Å². The Labute approximate surface area is 98.8 Å². The van der Waals surface area contributed by atoms with Crippen molar-refractivity contribution in [3.8, 4) is 0 Å². The molecule has 1 nitrogen and oxygen atoms in total. The highest BCUT2D eigenvalue weighted by atomic mass is 16.3. The molecule has 1 aromatic rings. The second kappa shape index (κ2) is 7.24. The molecule has 1 N–H and O–H groups in total. The normalized spacial score (nSPS) is 13.8. The van der Waals surface area contributed by atoms with Crippen molar-refractivity contribution in [2.24, 2.45) is 0 Å². The largest absolute Gasteiger partial charge is 0.389 e. The first kappa shape index (κ1) is 13.0. The topological polar surface area (TPSA) is 20.2 Å². The summed E-state index contributed by atoms with van der Waals surface area (Å²) in [7, 11) is 0. The van der Waals surface area contributed by atoms with E-state index in [9.17, 15) is 5.11 Å². The molecule has 0 aliphatic rings. The molecule has 16 heavy (non-hydrogen) atoms. The summed E-state index contributed by atoms with van der Waals surface area (Å²) in [5, 5.41) is 9.75. The summed E-state index contributed by atoms with van der Waals surface area (Å²) in [6, 6.07) is 10.1. The summed E-state index contributed by atoms with van der Waals surface area (Å²) in [6.07, 6.45) is 6.56. The summed E-state index contributed by atoms with van der Waals surface area (Å²) < 4.78 is 0. The van der Waals surface area contributed by atoms with Crippen molar-refractivity contribution in [2.45, 2.75) is 45.6 Å². The van der Waals surface area contributed by atoms with Gasteiger partial charge in [0.1, 0.15) is 0 Å². The van der Waals surface area contributed by atoms with Gasteiger partial charge in [0.25, 0.3) is 0 Å². The fraction of sp³-hybridized carbons (Fsp3) is 0.467. The molecule has 0 bridgehead atoms. The molecule has 0 heterocycles. The molecule has 0 aromatic heterocycles. The van der Waals surface area contributed by atoms with Crippen molar-refractivity contribution >= 4 is 5.57 Å². The van der Waals surface area contributed by atoms with Gasteiger partial charge < -0.3 is 5.11 Å². The average molecular weight is 218 g/mol. The van der Waals surface area contributed by atoms with Crippen LogP contribution in [0.2, 0.25) is 0 Å². The second-order valence-electron chi connectivity index (χ2n) is 4.20. The van der Waals surface area contributed by atoms with Crippen molar-refractivity contribution in [3.05, 3.63) is 42.0 Å². The molecule has 0 saturated heterocycles. The van der Waals surface area contributed by atoms with Gasteiger partial charge in [0, 0.05) is 0 Å². The number of unbranched alkanes of at least 4 members (excludes halogenated alkanes) is 3. The quantitative estimate of drug-likeness (QED) is 0.715. The van der Waals surface area contributed by atoms with Crippen LogP contribution in [0.1, 0.15) is 45.1 Å². The van der Waals surface area contributed by atoms with E-state index in [1.54, 1.807) is 0 Å². The van der Waals surface area contributed by atoms with Crippen molar-refractivity contribution < 1.29 is 5.11 Å². The Morgan fingerprint density at radius 3 is 2.50 bits per heavy atom. The zero-order chi connectivity index (χ0) is 11.8. The van der Waals surface area contributed by atoms with E-state index in [1.807, 2.05) is 25.1 Å². The average Bonchev–Trinajstić information content (AvgIpc) is 2.30. The van der Waals surface area contributed by atoms with Gasteiger partial charge in [0.15, 0.2) is 0 Å². The van der Waals surface area contributed by atoms with Crippen LogP contribution in [0.3, 0.4) is 0 Å². The van der Waals surface area contributed by atoms with Crippen molar-refractivity contribution in [1.29, 1.82) is 0 Å². The molecule has 1 heteroatoms. The van der Waals surface area contributed by atoms with Crippen molar-refractivity contribution in [3.63, 3.8) is 0 Å². The van der Waals surface area contributed by atoms with Crippen molar-refractivity contribution in [2.75, 3.05) is 0 Å². The van der Waals surface area contributed by atoms with Gasteiger partial charge in [-0.05, 0) is 30.9 Å². The predicted octanol–water partition coefficient (Wildman–Crippen LogP) is 4.03. The Bertz CT molecular complexity index is 311. The Morgan fingerprint density at radius 1 is 1.25 bits per heavy atom. The van der Waals surface area contributed by atoms with Crippen LogP contribution in [0.15, 0.2) is 36.4 Å². The van der Waals surface area contributed by atoms with Gasteiger partial charge in [-0.2, -0.15) is 0 Å². The summed E-state index contributed by atoms with van der Waals surface area (Å²) in [4.78, 5) is 0. The third-order valence-electron chi connectivity index (χ3n) is 2.73. The van der Waals surface area contributed by atoms with Crippen LogP contribution >= 0.6 is 0 Å². The third-order valence-corrected chi connectivity index (χ3v) is 2.73. The van der Waals surface area contributed by atoms with Gasteiger partial charge >= 0.3 is 0 Å². The van der Waals surface area contributed by atoms with Gasteiger partial charge in [-0.15, -0.1) is 0 Å². The molecule has 0 radical (unpaired) electrons. The van der Waals surface area contributed by atoms with Crippen LogP contribution in [0.25, 0.3) is 5.57 Å². The van der Waals surface area contributed by atoms with E-state index in [-0.39, 0.29) is 6.10 Å². The third kappa shape index (κ3) is 4.19. The lowest BCUT2D eigenvalue weighted by molar-refractivity contribution is 0.253. The highest BCUT2D eigenvalue weighted by Crippen LogP contribution is 2.19. The van der Waals surface area contributed by atoms with E-state index in [4.69, 9.17) is 0 Å². The monoisotopic (exact) mass is 218 g/mol. The fourth-order valence-corrected chi connectivity index (χ4v) is 1.81. The Hall–Kier alpha value is -1.08. The van der Waals surface area contributed by atoms with E-state index in [0.29, 0.717) is 0 Å². The molecule has 1 atom stereocenters. The summed E-state index contributed by atoms with van der Waals surface area (Å²) in [5.41, 5.74) is 2.19. The van der Waals surface area contributed by atoms with E-state index >= 15 is 0 Å². The number of rotatable bonds is 6. The first-order valence-corrected chi connectivity index (χ1v) is 6.19. The molecule has 88 valence electrons. The lowest BCUT2D eigenvalue weighted by atomic mass is 9.99. The minimum absolute atomic E-state index is 0.385. The van der Waals surface area contributed by atoms with Gasteiger partial charge in [-0.1, -0.05) is 56.2 Å². The van der Waals surface area contributed by atoms with Gasteiger partial charge in [0.2, 0.25) is 0 Å². The highest BCUT2D eigenvalue weighted by molar-refractivity contribution is 5.68. The first-order chi connectivity index (χ1) is 7.75. The number of hydrogen-bond acceptors (Lipinski definition) is 1. The standard InChI is InChI=1S/C15H22O/c1-3-4-5-9-12-15(13(2)16)14-10-7-6-8-11-14/h6-8,10-13,16H,3-5,9H2,1-2H3/b15-12-. The molecule has 1 unspecified atom stereocenters. The summed E-state index contributed by atoms with van der Waals surface area (Å²) in [5.74, 6) is 0. The molecule has 0 saturated carbocycles. The molecule has 0 amide bonds. The lowest BCUT2D eigenvalue weighted by Crippen LogP contribution is -2.03. The Kier molecular flexibility index (Phi) is 5.87. The number of benzene rings is 1. The number of allylic oxidation sites excluding steroid dienone is 1. The summed E-state index contributed by atoms with van der Waals surface area (Å²) >= 11 is 0. The van der Waals surface area contributed by atoms with E-state index in [2.05, 4.69) is 25.1 Å². The molecule has 0 aliphatic carbocycles. The molecular formula is C15H22O. The van der Waals surface area contributed by atoms with Crippen LogP contribution in [-0.4, -0.2) is 11.2 Å². The Balaban J connectivity index is 2.68. The highest BCUT2D eigenvalue weighted by Gasteiger charge is 2.06. The maximum atomic E-state index is 9.75. The van der Waals surface area contributed by atoms with E-state index in [0.717, 1.165) is 17.6 Å². The van der Waals surface area contributed by atoms with Crippen molar-refractivity contribution in [1.82, 2.24) is 0 Å². The summed E-state index contributed by atoms with van der Waals surface area (Å²) in [6.45, 7) is 4.04. The Morgan fingerprint density at radius 2 is 1.94 bits per heavy atom. The van der Waals surface area contributed by atoms with Crippen LogP contribution < -0.4 is 0 Å². The number of aliphatic hydroxyl groups is 1. The van der Waals surface area contributed by atoms with Gasteiger partial charge in [0.05, 0.1) is 6.10 Å². The lowest BCUT2D eigenvalue weighted by Gasteiger charge is -2.11. The van der Waals surface area contributed by atoms with Crippen LogP contribution in [0, 0.1) is 0 Å². The predicted molar refractivity (Wildman–Crippen MR) is 70.2 cm³/mol. The fourth-order valence-electron chi connectivity index (χ4n) is 1.81. The zero-order valence-electron chi connectivity index (χ0n) is 10.3. The minimum atomic E-state index is -0.385. The molecule has 0 spiro atoms. The van der Waals surface area contributed by atoms with E-state index < -0.39 is 0 Å². The molecule has 1 rings (SSSR count). The molecule has 0 fully saturated rings. The molecule has 1 aromatic carbocycles. The number of aliphatic hydroxyl groups excluding tert-OH is 1. The minimum Gasteiger partial charge on any atom is -0.389 e. The molecule has 0 aliphatic heterocycles. The van der Waals surface area contributed by atoms with Crippen LogP contribution in [0.4, 0.5) is 0 Å².